The first-order chi connectivity index (χ1) is 8.63. The standard InChI is InChI=1S/C14H19NO3/c1-10-5-6-13(17)12(8-10)14(18)15-7-3-2-4-11(15)9-16/h5-6,8,11,16-17H,2-4,7,9H2,1H3. The van der Waals surface area contributed by atoms with Crippen molar-refractivity contribution in [2.24, 2.45) is 0 Å². The number of amides is 1. The molecule has 1 aromatic rings. The van der Waals surface area contributed by atoms with E-state index in [0.717, 1.165) is 24.8 Å². The van der Waals surface area contributed by atoms with Crippen LogP contribution in [0.25, 0.3) is 0 Å². The van der Waals surface area contributed by atoms with Crippen LogP contribution < -0.4 is 0 Å². The SMILES string of the molecule is Cc1ccc(O)c(C(=O)N2CCCCC2CO)c1. The lowest BCUT2D eigenvalue weighted by Gasteiger charge is -2.34. The molecule has 0 bridgehead atoms. The Kier molecular flexibility index (Phi) is 3.87. The molecular formula is C14H19NO3. The van der Waals surface area contributed by atoms with Crippen LogP contribution >= 0.6 is 0 Å². The van der Waals surface area contributed by atoms with Gasteiger partial charge in [-0.25, -0.2) is 0 Å². The number of aryl methyl sites for hydroxylation is 1. The third kappa shape index (κ3) is 2.48. The molecule has 0 radical (unpaired) electrons. The van der Waals surface area contributed by atoms with Gasteiger partial charge in [0.1, 0.15) is 5.75 Å². The van der Waals surface area contributed by atoms with Crippen molar-refractivity contribution in [3.8, 4) is 5.75 Å². The Hall–Kier alpha value is -1.55. The predicted molar refractivity (Wildman–Crippen MR) is 68.6 cm³/mol. The van der Waals surface area contributed by atoms with Gasteiger partial charge in [-0.3, -0.25) is 4.79 Å². The maximum absolute atomic E-state index is 12.4. The molecule has 4 nitrogen and oxygen atoms in total. The van der Waals surface area contributed by atoms with Crippen molar-refractivity contribution >= 4 is 5.91 Å². The molecule has 1 amide bonds. The van der Waals surface area contributed by atoms with E-state index in [1.54, 1.807) is 23.1 Å². The lowest BCUT2D eigenvalue weighted by Crippen LogP contribution is -2.45. The summed E-state index contributed by atoms with van der Waals surface area (Å²) >= 11 is 0. The van der Waals surface area contributed by atoms with Crippen LogP contribution in [0.2, 0.25) is 0 Å². The second-order valence-electron chi connectivity index (χ2n) is 4.85. The molecule has 1 fully saturated rings. The fourth-order valence-electron chi connectivity index (χ4n) is 2.43. The summed E-state index contributed by atoms with van der Waals surface area (Å²) in [6.07, 6.45) is 2.82. The summed E-state index contributed by atoms with van der Waals surface area (Å²) in [6, 6.07) is 4.89. The van der Waals surface area contributed by atoms with Crippen molar-refractivity contribution < 1.29 is 15.0 Å². The van der Waals surface area contributed by atoms with E-state index >= 15 is 0 Å². The highest BCUT2D eigenvalue weighted by Crippen LogP contribution is 2.24. The minimum absolute atomic E-state index is 0.00728. The zero-order valence-corrected chi connectivity index (χ0v) is 10.6. The molecular weight excluding hydrogens is 230 g/mol. The molecule has 0 spiro atoms. The average molecular weight is 249 g/mol. The molecule has 18 heavy (non-hydrogen) atoms. The number of likely N-dealkylation sites (tertiary alicyclic amines) is 1. The van der Waals surface area contributed by atoms with Gasteiger partial charge in [-0.05, 0) is 38.3 Å². The molecule has 0 aromatic heterocycles. The van der Waals surface area contributed by atoms with E-state index < -0.39 is 0 Å². The van der Waals surface area contributed by atoms with Crippen molar-refractivity contribution in [1.29, 1.82) is 0 Å². The van der Waals surface area contributed by atoms with Crippen LogP contribution in [0, 0.1) is 6.92 Å². The maximum atomic E-state index is 12.4. The molecule has 1 atom stereocenters. The fraction of sp³-hybridized carbons (Fsp3) is 0.500. The second kappa shape index (κ2) is 5.40. The molecule has 1 heterocycles. The molecule has 2 rings (SSSR count). The number of phenolic OH excluding ortho intramolecular Hbond substituents is 1. The Balaban J connectivity index is 2.26. The first kappa shape index (κ1) is 12.9. The maximum Gasteiger partial charge on any atom is 0.257 e. The number of aromatic hydroxyl groups is 1. The highest BCUT2D eigenvalue weighted by atomic mass is 16.3. The van der Waals surface area contributed by atoms with Gasteiger partial charge in [-0.15, -0.1) is 0 Å². The Morgan fingerprint density at radius 1 is 1.44 bits per heavy atom. The summed E-state index contributed by atoms with van der Waals surface area (Å²) in [5.41, 5.74) is 1.27. The zero-order chi connectivity index (χ0) is 13.1. The van der Waals surface area contributed by atoms with Gasteiger partial charge in [0.2, 0.25) is 0 Å². The first-order valence-electron chi connectivity index (χ1n) is 6.35. The van der Waals surface area contributed by atoms with Gasteiger partial charge in [0.25, 0.3) is 5.91 Å². The third-order valence-corrected chi connectivity index (χ3v) is 3.48. The number of rotatable bonds is 2. The zero-order valence-electron chi connectivity index (χ0n) is 10.6. The number of nitrogens with zero attached hydrogens (tertiary/aromatic N) is 1. The molecule has 4 heteroatoms. The highest BCUT2D eigenvalue weighted by molar-refractivity contribution is 5.97. The van der Waals surface area contributed by atoms with Gasteiger partial charge in [-0.1, -0.05) is 11.6 Å². The van der Waals surface area contributed by atoms with E-state index in [4.69, 9.17) is 0 Å². The normalized spacial score (nSPS) is 19.9. The van der Waals surface area contributed by atoms with E-state index in [0.29, 0.717) is 12.1 Å². The number of benzene rings is 1. The minimum atomic E-state index is -0.185. The Bertz CT molecular complexity index is 445. The van der Waals surface area contributed by atoms with E-state index in [2.05, 4.69) is 0 Å². The Morgan fingerprint density at radius 3 is 2.94 bits per heavy atom. The number of carbonyl (C=O) groups excluding carboxylic acids is 1. The number of hydrogen-bond acceptors (Lipinski definition) is 3. The monoisotopic (exact) mass is 249 g/mol. The van der Waals surface area contributed by atoms with Gasteiger partial charge in [0.15, 0.2) is 0 Å². The molecule has 1 saturated heterocycles. The summed E-state index contributed by atoms with van der Waals surface area (Å²) in [6.45, 7) is 2.52. The van der Waals surface area contributed by atoms with Gasteiger partial charge >= 0.3 is 0 Å². The van der Waals surface area contributed by atoms with Crippen LogP contribution in [-0.2, 0) is 0 Å². The summed E-state index contributed by atoms with van der Waals surface area (Å²) in [5, 5.41) is 19.1. The van der Waals surface area contributed by atoms with E-state index in [9.17, 15) is 15.0 Å². The number of phenols is 1. The van der Waals surface area contributed by atoms with Gasteiger partial charge in [-0.2, -0.15) is 0 Å². The molecule has 0 aliphatic carbocycles. The van der Waals surface area contributed by atoms with Crippen molar-refractivity contribution in [3.63, 3.8) is 0 Å². The molecule has 0 saturated carbocycles. The van der Waals surface area contributed by atoms with Crippen molar-refractivity contribution in [2.45, 2.75) is 32.2 Å². The smallest absolute Gasteiger partial charge is 0.257 e. The number of aliphatic hydroxyl groups is 1. The van der Waals surface area contributed by atoms with E-state index in [1.807, 2.05) is 6.92 Å². The number of aliphatic hydroxyl groups excluding tert-OH is 1. The van der Waals surface area contributed by atoms with E-state index in [-0.39, 0.29) is 24.3 Å². The molecule has 1 aromatic carbocycles. The molecule has 1 aliphatic heterocycles. The van der Waals surface area contributed by atoms with E-state index in [1.165, 1.54) is 0 Å². The largest absolute Gasteiger partial charge is 0.507 e. The molecule has 98 valence electrons. The second-order valence-corrected chi connectivity index (χ2v) is 4.85. The lowest BCUT2D eigenvalue weighted by molar-refractivity contribution is 0.0500. The molecule has 1 unspecified atom stereocenters. The highest BCUT2D eigenvalue weighted by Gasteiger charge is 2.28. The van der Waals surface area contributed by atoms with Crippen LogP contribution in [-0.4, -0.2) is 40.2 Å². The number of carbonyl (C=O) groups is 1. The Morgan fingerprint density at radius 2 is 2.22 bits per heavy atom. The van der Waals surface area contributed by atoms with Crippen molar-refractivity contribution in [2.75, 3.05) is 13.2 Å². The van der Waals surface area contributed by atoms with Crippen molar-refractivity contribution in [1.82, 2.24) is 4.90 Å². The summed E-state index contributed by atoms with van der Waals surface area (Å²) < 4.78 is 0. The van der Waals surface area contributed by atoms with Gasteiger partial charge in [0, 0.05) is 6.54 Å². The van der Waals surface area contributed by atoms with Gasteiger partial charge in [0.05, 0.1) is 18.2 Å². The summed E-state index contributed by atoms with van der Waals surface area (Å²) in [7, 11) is 0. The van der Waals surface area contributed by atoms with Crippen molar-refractivity contribution in [3.05, 3.63) is 29.3 Å². The summed E-state index contributed by atoms with van der Waals surface area (Å²) in [5.74, 6) is -0.178. The third-order valence-electron chi connectivity index (χ3n) is 3.48. The summed E-state index contributed by atoms with van der Waals surface area (Å²) in [4.78, 5) is 14.1. The lowest BCUT2D eigenvalue weighted by atomic mass is 10.0. The Labute approximate surface area is 107 Å². The number of piperidine rings is 1. The fourth-order valence-corrected chi connectivity index (χ4v) is 2.43. The van der Waals surface area contributed by atoms with Crippen LogP contribution in [0.4, 0.5) is 0 Å². The predicted octanol–water partition coefficient (Wildman–Crippen LogP) is 1.69. The quantitative estimate of drug-likeness (QED) is 0.838. The number of hydrogen-bond donors (Lipinski definition) is 2. The first-order valence-corrected chi connectivity index (χ1v) is 6.35. The molecule has 1 aliphatic rings. The topological polar surface area (TPSA) is 60.8 Å². The average Bonchev–Trinajstić information content (AvgIpc) is 2.40. The van der Waals surface area contributed by atoms with Gasteiger partial charge < -0.3 is 15.1 Å². The van der Waals surface area contributed by atoms with Crippen LogP contribution in [0.1, 0.15) is 35.2 Å². The molecule has 2 N–H and O–H groups in total. The van der Waals surface area contributed by atoms with Crippen LogP contribution in [0.3, 0.4) is 0 Å². The minimum Gasteiger partial charge on any atom is -0.507 e. The van der Waals surface area contributed by atoms with Crippen LogP contribution in [0.15, 0.2) is 18.2 Å². The van der Waals surface area contributed by atoms with Crippen LogP contribution in [0.5, 0.6) is 5.75 Å².